The van der Waals surface area contributed by atoms with Crippen molar-refractivity contribution in [1.82, 2.24) is 4.90 Å². The van der Waals surface area contributed by atoms with E-state index in [-0.39, 0.29) is 11.7 Å². The Morgan fingerprint density at radius 3 is 2.30 bits per heavy atom. The lowest BCUT2D eigenvalue weighted by molar-refractivity contribution is 0.0679. The van der Waals surface area contributed by atoms with E-state index in [1.165, 1.54) is 0 Å². The molecule has 0 saturated carbocycles. The maximum atomic E-state index is 12.9. The van der Waals surface area contributed by atoms with Crippen LogP contribution in [0.5, 0.6) is 0 Å². The Hall–Kier alpha value is -2.42. The van der Waals surface area contributed by atoms with Gasteiger partial charge in [0.2, 0.25) is 0 Å². The number of nitrogens with zero attached hydrogens (tertiary/aromatic N) is 1. The number of ketones is 1. The molecule has 23 heavy (non-hydrogen) atoms. The van der Waals surface area contributed by atoms with Gasteiger partial charge >= 0.3 is 0 Å². The quantitative estimate of drug-likeness (QED) is 0.809. The Morgan fingerprint density at radius 2 is 1.61 bits per heavy atom. The highest BCUT2D eigenvalue weighted by Crippen LogP contribution is 2.21. The summed E-state index contributed by atoms with van der Waals surface area (Å²) in [5, 5.41) is 0. The molecule has 3 rings (SSSR count). The third-order valence-electron chi connectivity index (χ3n) is 4.38. The molecule has 1 amide bonds. The Morgan fingerprint density at radius 1 is 0.957 bits per heavy atom. The average molecular weight is 307 g/mol. The molecule has 1 fully saturated rings. The number of hydrogen-bond donors (Lipinski definition) is 0. The smallest absolute Gasteiger partial charge is 0.254 e. The van der Waals surface area contributed by atoms with Crippen molar-refractivity contribution in [3.05, 3.63) is 71.3 Å². The van der Waals surface area contributed by atoms with Gasteiger partial charge < -0.3 is 4.90 Å². The van der Waals surface area contributed by atoms with Crippen molar-refractivity contribution in [3.8, 4) is 0 Å². The van der Waals surface area contributed by atoms with E-state index in [1.807, 2.05) is 35.2 Å². The number of amides is 1. The minimum atomic E-state index is -0.0976. The van der Waals surface area contributed by atoms with Gasteiger partial charge in [0.05, 0.1) is 5.56 Å². The van der Waals surface area contributed by atoms with E-state index in [1.54, 1.807) is 24.3 Å². The molecule has 0 radical (unpaired) electrons. The molecule has 0 N–H and O–H groups in total. The molecule has 118 valence electrons. The van der Waals surface area contributed by atoms with Crippen LogP contribution in [0.3, 0.4) is 0 Å². The predicted octanol–water partition coefficient (Wildman–Crippen LogP) is 3.79. The number of carbonyl (C=O) groups is 2. The number of likely N-dealkylation sites (tertiary alicyclic amines) is 1. The fourth-order valence-corrected chi connectivity index (χ4v) is 3.16. The maximum Gasteiger partial charge on any atom is 0.254 e. The van der Waals surface area contributed by atoms with Crippen LogP contribution in [0.2, 0.25) is 0 Å². The molecule has 0 bridgehead atoms. The Labute approximate surface area is 136 Å². The first kappa shape index (κ1) is 15.5. The third-order valence-corrected chi connectivity index (χ3v) is 4.38. The molecule has 2 aromatic rings. The van der Waals surface area contributed by atoms with Gasteiger partial charge in [0, 0.05) is 24.2 Å². The van der Waals surface area contributed by atoms with Crippen LogP contribution in [0.15, 0.2) is 54.6 Å². The topological polar surface area (TPSA) is 37.4 Å². The first-order chi connectivity index (χ1) is 11.2. The number of benzene rings is 2. The van der Waals surface area contributed by atoms with Gasteiger partial charge in [-0.25, -0.2) is 0 Å². The second kappa shape index (κ2) is 6.78. The number of hydrogen-bond acceptors (Lipinski definition) is 2. The number of piperidine rings is 1. The first-order valence-electron chi connectivity index (χ1n) is 8.15. The monoisotopic (exact) mass is 307 g/mol. The highest BCUT2D eigenvalue weighted by Gasteiger charge is 2.25. The standard InChI is InChI=1S/C20H21NO2/c1-15-8-7-13-21(14-15)20(23)18-12-6-5-11-17(18)19(22)16-9-3-2-4-10-16/h2-6,9-12,15H,7-8,13-14H2,1H3/t15-/m1/s1. The van der Waals surface area contributed by atoms with Gasteiger partial charge in [0.25, 0.3) is 5.91 Å². The summed E-state index contributed by atoms with van der Waals surface area (Å²) in [6, 6.07) is 16.3. The second-order valence-corrected chi connectivity index (χ2v) is 6.24. The Bertz CT molecular complexity index is 709. The zero-order valence-corrected chi connectivity index (χ0v) is 13.4. The molecule has 3 heteroatoms. The average Bonchev–Trinajstić information content (AvgIpc) is 2.61. The molecule has 1 saturated heterocycles. The van der Waals surface area contributed by atoms with Crippen LogP contribution in [-0.2, 0) is 0 Å². The minimum absolute atomic E-state index is 0.0311. The largest absolute Gasteiger partial charge is 0.338 e. The minimum Gasteiger partial charge on any atom is -0.338 e. The van der Waals surface area contributed by atoms with Crippen LogP contribution in [0.25, 0.3) is 0 Å². The molecule has 1 aliphatic rings. The molecule has 0 spiro atoms. The van der Waals surface area contributed by atoms with Crippen LogP contribution in [0.1, 0.15) is 46.0 Å². The molecular formula is C20H21NO2. The Kier molecular flexibility index (Phi) is 4.56. The van der Waals surface area contributed by atoms with E-state index in [9.17, 15) is 9.59 Å². The SMILES string of the molecule is C[C@@H]1CCCN(C(=O)c2ccccc2C(=O)c2ccccc2)C1. The molecule has 0 aliphatic carbocycles. The van der Waals surface area contributed by atoms with Crippen LogP contribution < -0.4 is 0 Å². The summed E-state index contributed by atoms with van der Waals surface area (Å²) in [6.45, 7) is 3.71. The fraction of sp³-hybridized carbons (Fsp3) is 0.300. The van der Waals surface area contributed by atoms with Crippen molar-refractivity contribution in [2.45, 2.75) is 19.8 Å². The first-order valence-corrected chi connectivity index (χ1v) is 8.15. The molecule has 0 unspecified atom stereocenters. The zero-order valence-electron chi connectivity index (χ0n) is 13.4. The van der Waals surface area contributed by atoms with E-state index >= 15 is 0 Å². The van der Waals surface area contributed by atoms with Crippen LogP contribution in [0, 0.1) is 5.92 Å². The van der Waals surface area contributed by atoms with Gasteiger partial charge in [0.1, 0.15) is 0 Å². The summed E-state index contributed by atoms with van der Waals surface area (Å²) in [5.41, 5.74) is 1.61. The Balaban J connectivity index is 1.92. The van der Waals surface area contributed by atoms with Crippen molar-refractivity contribution in [1.29, 1.82) is 0 Å². The molecule has 0 aromatic heterocycles. The third kappa shape index (κ3) is 3.34. The van der Waals surface area contributed by atoms with E-state index in [4.69, 9.17) is 0 Å². The maximum absolute atomic E-state index is 12.9. The lowest BCUT2D eigenvalue weighted by Gasteiger charge is -2.31. The van der Waals surface area contributed by atoms with Crippen LogP contribution in [0.4, 0.5) is 0 Å². The highest BCUT2D eigenvalue weighted by atomic mass is 16.2. The lowest BCUT2D eigenvalue weighted by Crippen LogP contribution is -2.39. The lowest BCUT2D eigenvalue weighted by atomic mass is 9.95. The molecule has 2 aromatic carbocycles. The molecule has 3 nitrogen and oxygen atoms in total. The number of carbonyl (C=O) groups excluding carboxylic acids is 2. The number of rotatable bonds is 3. The molecule has 1 heterocycles. The fourth-order valence-electron chi connectivity index (χ4n) is 3.16. The van der Waals surface area contributed by atoms with E-state index < -0.39 is 0 Å². The van der Waals surface area contributed by atoms with Crippen molar-refractivity contribution < 1.29 is 9.59 Å². The summed E-state index contributed by atoms with van der Waals surface area (Å²) >= 11 is 0. The van der Waals surface area contributed by atoms with Crippen molar-refractivity contribution in [2.75, 3.05) is 13.1 Å². The van der Waals surface area contributed by atoms with E-state index in [0.717, 1.165) is 25.9 Å². The van der Waals surface area contributed by atoms with Gasteiger partial charge in [-0.2, -0.15) is 0 Å². The summed E-state index contributed by atoms with van der Waals surface area (Å²) < 4.78 is 0. The molecule has 1 atom stereocenters. The van der Waals surface area contributed by atoms with Gasteiger partial charge in [-0.1, -0.05) is 55.5 Å². The molecule has 1 aliphatic heterocycles. The normalized spacial score (nSPS) is 17.8. The second-order valence-electron chi connectivity index (χ2n) is 6.24. The van der Waals surface area contributed by atoms with Gasteiger partial charge in [-0.15, -0.1) is 0 Å². The summed E-state index contributed by atoms with van der Waals surface area (Å²) in [7, 11) is 0. The van der Waals surface area contributed by atoms with E-state index in [2.05, 4.69) is 6.92 Å². The van der Waals surface area contributed by atoms with Gasteiger partial charge in [0.15, 0.2) is 5.78 Å². The molecular weight excluding hydrogens is 286 g/mol. The van der Waals surface area contributed by atoms with Gasteiger partial charge in [-0.05, 0) is 24.8 Å². The summed E-state index contributed by atoms with van der Waals surface area (Å²) in [5.74, 6) is 0.390. The van der Waals surface area contributed by atoms with Crippen LogP contribution in [-0.4, -0.2) is 29.7 Å². The van der Waals surface area contributed by atoms with Crippen molar-refractivity contribution in [2.24, 2.45) is 5.92 Å². The van der Waals surface area contributed by atoms with Crippen molar-refractivity contribution in [3.63, 3.8) is 0 Å². The van der Waals surface area contributed by atoms with E-state index in [0.29, 0.717) is 22.6 Å². The highest BCUT2D eigenvalue weighted by molar-refractivity contribution is 6.15. The summed E-state index contributed by atoms with van der Waals surface area (Å²) in [6.07, 6.45) is 2.19. The zero-order chi connectivity index (χ0) is 16.2. The van der Waals surface area contributed by atoms with Crippen LogP contribution >= 0.6 is 0 Å². The summed E-state index contributed by atoms with van der Waals surface area (Å²) in [4.78, 5) is 27.5. The van der Waals surface area contributed by atoms with Gasteiger partial charge in [-0.3, -0.25) is 9.59 Å². The van der Waals surface area contributed by atoms with Crippen molar-refractivity contribution >= 4 is 11.7 Å². The predicted molar refractivity (Wildman–Crippen MR) is 90.6 cm³/mol.